The highest BCUT2D eigenvalue weighted by molar-refractivity contribution is 7.98. The van der Waals surface area contributed by atoms with Gasteiger partial charge in [0.1, 0.15) is 0 Å². The number of thioether (sulfide) groups is 1. The van der Waals surface area contributed by atoms with Crippen molar-refractivity contribution in [2.45, 2.75) is 36.8 Å². The average molecular weight is 469 g/mol. The highest BCUT2D eigenvalue weighted by atomic mass is 35.5. The Morgan fingerprint density at radius 3 is 2.53 bits per heavy atom. The second-order valence-electron chi connectivity index (χ2n) is 7.58. The lowest BCUT2D eigenvalue weighted by molar-refractivity contribution is 0.272. The molecule has 2 aromatic heterocycles. The molecular weight excluding hydrogens is 444 g/mol. The number of hydrogen-bond acceptors (Lipinski definition) is 7. The van der Waals surface area contributed by atoms with Crippen LogP contribution in [0.15, 0.2) is 64.3 Å². The molecule has 2 heterocycles. The molecule has 32 heavy (non-hydrogen) atoms. The smallest absolute Gasteiger partial charge is 0.237 e. The van der Waals surface area contributed by atoms with Crippen molar-refractivity contribution in [1.82, 2.24) is 29.8 Å². The molecule has 0 saturated carbocycles. The summed E-state index contributed by atoms with van der Waals surface area (Å²) in [6, 6.07) is 18.0. The first-order valence-electron chi connectivity index (χ1n) is 10.4. The molecule has 0 aliphatic heterocycles. The van der Waals surface area contributed by atoms with Crippen molar-refractivity contribution >= 4 is 23.4 Å². The Kier molecular flexibility index (Phi) is 7.24. The minimum absolute atomic E-state index is 0.177. The maximum atomic E-state index is 6.26. The topological polar surface area (TPSA) is 72.9 Å². The predicted molar refractivity (Wildman–Crippen MR) is 127 cm³/mol. The molecular formula is C23H25ClN6OS. The van der Waals surface area contributed by atoms with Gasteiger partial charge in [-0.05, 0) is 38.2 Å². The van der Waals surface area contributed by atoms with E-state index in [1.807, 2.05) is 42.5 Å². The van der Waals surface area contributed by atoms with Gasteiger partial charge in [-0.3, -0.25) is 4.90 Å². The highest BCUT2D eigenvalue weighted by Crippen LogP contribution is 2.29. The molecule has 2 aromatic carbocycles. The van der Waals surface area contributed by atoms with E-state index in [0.717, 1.165) is 23.0 Å². The number of aromatic nitrogens is 5. The summed E-state index contributed by atoms with van der Waals surface area (Å²) >= 11 is 7.79. The fourth-order valence-electron chi connectivity index (χ4n) is 3.54. The zero-order valence-corrected chi connectivity index (χ0v) is 19.8. The Balaban J connectivity index is 1.57. The monoisotopic (exact) mass is 468 g/mol. The molecule has 4 rings (SSSR count). The van der Waals surface area contributed by atoms with Gasteiger partial charge in [-0.2, -0.15) is 4.98 Å². The molecule has 0 aliphatic carbocycles. The summed E-state index contributed by atoms with van der Waals surface area (Å²) < 4.78 is 7.64. The normalized spacial score (nSPS) is 12.4. The van der Waals surface area contributed by atoms with E-state index in [1.165, 1.54) is 17.3 Å². The van der Waals surface area contributed by atoms with Crippen LogP contribution in [-0.4, -0.2) is 43.9 Å². The first kappa shape index (κ1) is 22.5. The van der Waals surface area contributed by atoms with Gasteiger partial charge in [0.2, 0.25) is 11.7 Å². The van der Waals surface area contributed by atoms with Crippen LogP contribution >= 0.6 is 23.4 Å². The lowest BCUT2D eigenvalue weighted by atomic mass is 10.2. The first-order chi connectivity index (χ1) is 15.6. The molecule has 4 aromatic rings. The third-order valence-corrected chi connectivity index (χ3v) is 6.43. The lowest BCUT2D eigenvalue weighted by Gasteiger charge is -2.23. The number of halogens is 1. The predicted octanol–water partition coefficient (Wildman–Crippen LogP) is 5.33. The SMILES string of the molecule is CC[C@H](c1nnc(SCc2nc(-c3ccccc3Cl)no2)n1Cc1ccccc1)N(C)C. The minimum Gasteiger partial charge on any atom is -0.338 e. The van der Waals surface area contributed by atoms with Crippen LogP contribution in [0.3, 0.4) is 0 Å². The summed E-state index contributed by atoms with van der Waals surface area (Å²) in [6.07, 6.45) is 0.940. The second-order valence-corrected chi connectivity index (χ2v) is 8.93. The summed E-state index contributed by atoms with van der Waals surface area (Å²) in [5, 5.41) is 14.5. The number of rotatable bonds is 9. The molecule has 0 radical (unpaired) electrons. The van der Waals surface area contributed by atoms with E-state index < -0.39 is 0 Å². The molecule has 1 atom stereocenters. The van der Waals surface area contributed by atoms with Crippen molar-refractivity contribution in [2.24, 2.45) is 0 Å². The van der Waals surface area contributed by atoms with E-state index in [-0.39, 0.29) is 6.04 Å². The van der Waals surface area contributed by atoms with Crippen molar-refractivity contribution in [3.63, 3.8) is 0 Å². The van der Waals surface area contributed by atoms with Crippen molar-refractivity contribution in [3.05, 3.63) is 76.9 Å². The van der Waals surface area contributed by atoms with Crippen LogP contribution in [0.4, 0.5) is 0 Å². The fraction of sp³-hybridized carbons (Fsp3) is 0.304. The van der Waals surface area contributed by atoms with Gasteiger partial charge in [0.05, 0.1) is 23.4 Å². The van der Waals surface area contributed by atoms with Crippen LogP contribution in [0, 0.1) is 0 Å². The first-order valence-corrected chi connectivity index (χ1v) is 11.8. The molecule has 0 amide bonds. The summed E-state index contributed by atoms with van der Waals surface area (Å²) in [7, 11) is 4.13. The summed E-state index contributed by atoms with van der Waals surface area (Å²) in [5.74, 6) is 2.44. The summed E-state index contributed by atoms with van der Waals surface area (Å²) in [5.41, 5.74) is 1.95. The van der Waals surface area contributed by atoms with Crippen LogP contribution < -0.4 is 0 Å². The molecule has 0 fully saturated rings. The molecule has 0 spiro atoms. The Bertz CT molecular complexity index is 1160. The fourth-order valence-corrected chi connectivity index (χ4v) is 4.54. The van der Waals surface area contributed by atoms with Gasteiger partial charge in [0, 0.05) is 5.56 Å². The van der Waals surface area contributed by atoms with Gasteiger partial charge < -0.3 is 9.09 Å². The molecule has 7 nitrogen and oxygen atoms in total. The molecule has 0 bridgehead atoms. The van der Waals surface area contributed by atoms with Gasteiger partial charge in [-0.25, -0.2) is 0 Å². The van der Waals surface area contributed by atoms with E-state index in [1.54, 1.807) is 0 Å². The second kappa shape index (κ2) is 10.3. The van der Waals surface area contributed by atoms with Crippen molar-refractivity contribution in [3.8, 4) is 11.4 Å². The van der Waals surface area contributed by atoms with Crippen molar-refractivity contribution in [1.29, 1.82) is 0 Å². The van der Waals surface area contributed by atoms with Crippen LogP contribution in [-0.2, 0) is 12.3 Å². The summed E-state index contributed by atoms with van der Waals surface area (Å²) in [6.45, 7) is 2.86. The van der Waals surface area contributed by atoms with Crippen molar-refractivity contribution in [2.75, 3.05) is 14.1 Å². The number of benzene rings is 2. The van der Waals surface area contributed by atoms with E-state index in [0.29, 0.717) is 29.0 Å². The van der Waals surface area contributed by atoms with Gasteiger partial charge in [0.25, 0.3) is 0 Å². The van der Waals surface area contributed by atoms with Crippen LogP contribution in [0.25, 0.3) is 11.4 Å². The Morgan fingerprint density at radius 1 is 1.06 bits per heavy atom. The molecule has 0 saturated heterocycles. The van der Waals surface area contributed by atoms with E-state index in [4.69, 9.17) is 16.1 Å². The molecule has 0 N–H and O–H groups in total. The van der Waals surface area contributed by atoms with E-state index >= 15 is 0 Å². The van der Waals surface area contributed by atoms with E-state index in [2.05, 4.69) is 63.0 Å². The van der Waals surface area contributed by atoms with Crippen LogP contribution in [0.2, 0.25) is 5.02 Å². The summed E-state index contributed by atoms with van der Waals surface area (Å²) in [4.78, 5) is 6.68. The molecule has 9 heteroatoms. The third kappa shape index (κ3) is 5.03. The quantitative estimate of drug-likeness (QED) is 0.307. The molecule has 166 valence electrons. The standard InChI is InChI=1S/C23H25ClN6OS/c1-4-19(29(2)3)22-26-27-23(30(22)14-16-10-6-5-7-11-16)32-15-20-25-21(28-31-20)17-12-8-9-13-18(17)24/h5-13,19H,4,14-15H2,1-3H3/t19-/m1/s1. The van der Waals surface area contributed by atoms with Gasteiger partial charge in [-0.15, -0.1) is 10.2 Å². The third-order valence-electron chi connectivity index (χ3n) is 5.14. The highest BCUT2D eigenvalue weighted by Gasteiger charge is 2.23. The zero-order valence-electron chi connectivity index (χ0n) is 18.3. The Hall–Kier alpha value is -2.68. The van der Waals surface area contributed by atoms with Gasteiger partial charge in [-0.1, -0.05) is 77.9 Å². The van der Waals surface area contributed by atoms with Gasteiger partial charge in [0.15, 0.2) is 11.0 Å². The Morgan fingerprint density at radius 2 is 1.81 bits per heavy atom. The van der Waals surface area contributed by atoms with Gasteiger partial charge >= 0.3 is 0 Å². The molecule has 0 unspecified atom stereocenters. The van der Waals surface area contributed by atoms with Crippen LogP contribution in [0.1, 0.15) is 36.7 Å². The number of nitrogens with zero attached hydrogens (tertiary/aromatic N) is 6. The van der Waals surface area contributed by atoms with Crippen LogP contribution in [0.5, 0.6) is 0 Å². The minimum atomic E-state index is 0.177. The lowest BCUT2D eigenvalue weighted by Crippen LogP contribution is -2.23. The average Bonchev–Trinajstić information content (AvgIpc) is 3.41. The van der Waals surface area contributed by atoms with Crippen molar-refractivity contribution < 1.29 is 4.52 Å². The zero-order chi connectivity index (χ0) is 22.5. The Labute approximate surface area is 196 Å². The molecule has 0 aliphatic rings. The number of hydrogen-bond donors (Lipinski definition) is 0. The maximum Gasteiger partial charge on any atom is 0.237 e. The largest absolute Gasteiger partial charge is 0.338 e. The maximum absolute atomic E-state index is 6.26. The van der Waals surface area contributed by atoms with E-state index in [9.17, 15) is 0 Å².